The zero-order valence-electron chi connectivity index (χ0n) is 14.6. The Morgan fingerprint density at radius 3 is 2.56 bits per heavy atom. The first kappa shape index (κ1) is 17.9. The normalized spacial score (nSPS) is 24.6. The summed E-state index contributed by atoms with van der Waals surface area (Å²) in [4.78, 5) is 26.1. The number of hydrogen-bond acceptors (Lipinski definition) is 4. The van der Waals surface area contributed by atoms with Gasteiger partial charge in [-0.25, -0.2) is 0 Å². The highest BCUT2D eigenvalue weighted by Crippen LogP contribution is 2.24. The quantitative estimate of drug-likeness (QED) is 0.842. The van der Waals surface area contributed by atoms with Crippen LogP contribution in [0.2, 0.25) is 0 Å². The molecule has 2 atom stereocenters. The van der Waals surface area contributed by atoms with Crippen molar-refractivity contribution in [3.05, 3.63) is 35.4 Å². The number of carbonyl (C=O) groups is 2. The number of nitrogens with one attached hydrogen (secondary N) is 1. The average molecular weight is 345 g/mol. The number of primary amides is 1. The summed E-state index contributed by atoms with van der Waals surface area (Å²) in [6.07, 6.45) is 3.32. The van der Waals surface area contributed by atoms with Crippen LogP contribution in [-0.4, -0.2) is 49.1 Å². The second-order valence-corrected chi connectivity index (χ2v) is 7.02. The fourth-order valence-corrected chi connectivity index (χ4v) is 3.63. The molecule has 0 aromatic heterocycles. The SMILES string of the molecule is NC(=O)[C@@H]1CCC[C@H](NC(=O)c2ccc(CN3CCOCC3)cc2)C1. The smallest absolute Gasteiger partial charge is 0.251 e. The lowest BCUT2D eigenvalue weighted by molar-refractivity contribution is -0.122. The van der Waals surface area contributed by atoms with Gasteiger partial charge in [-0.15, -0.1) is 0 Å². The molecule has 1 saturated heterocycles. The lowest BCUT2D eigenvalue weighted by atomic mass is 9.85. The van der Waals surface area contributed by atoms with Gasteiger partial charge in [-0.1, -0.05) is 18.6 Å². The van der Waals surface area contributed by atoms with Gasteiger partial charge in [0.05, 0.1) is 13.2 Å². The molecule has 2 amide bonds. The average Bonchev–Trinajstić information content (AvgIpc) is 2.63. The van der Waals surface area contributed by atoms with Crippen molar-refractivity contribution in [1.29, 1.82) is 0 Å². The molecule has 1 aliphatic heterocycles. The fraction of sp³-hybridized carbons (Fsp3) is 0.579. The van der Waals surface area contributed by atoms with Crippen molar-refractivity contribution in [2.24, 2.45) is 11.7 Å². The van der Waals surface area contributed by atoms with E-state index in [1.54, 1.807) is 0 Å². The summed E-state index contributed by atoms with van der Waals surface area (Å²) in [7, 11) is 0. The molecule has 25 heavy (non-hydrogen) atoms. The maximum absolute atomic E-state index is 12.4. The monoisotopic (exact) mass is 345 g/mol. The summed E-state index contributed by atoms with van der Waals surface area (Å²) in [6.45, 7) is 4.35. The fourth-order valence-electron chi connectivity index (χ4n) is 3.63. The van der Waals surface area contributed by atoms with Gasteiger partial charge < -0.3 is 15.8 Å². The number of nitrogens with two attached hydrogens (primary N) is 1. The molecule has 2 aliphatic rings. The van der Waals surface area contributed by atoms with Gasteiger partial charge in [0.15, 0.2) is 0 Å². The minimum absolute atomic E-state index is 0.0341. The van der Waals surface area contributed by atoms with Gasteiger partial charge in [-0.05, 0) is 37.0 Å². The van der Waals surface area contributed by atoms with Crippen molar-refractivity contribution in [2.75, 3.05) is 26.3 Å². The summed E-state index contributed by atoms with van der Waals surface area (Å²) >= 11 is 0. The van der Waals surface area contributed by atoms with E-state index in [9.17, 15) is 9.59 Å². The van der Waals surface area contributed by atoms with Crippen LogP contribution >= 0.6 is 0 Å². The van der Waals surface area contributed by atoms with Crippen LogP contribution in [0.15, 0.2) is 24.3 Å². The van der Waals surface area contributed by atoms with Crippen LogP contribution in [0.25, 0.3) is 0 Å². The van der Waals surface area contributed by atoms with Crippen LogP contribution in [0, 0.1) is 5.92 Å². The van der Waals surface area contributed by atoms with Crippen molar-refractivity contribution >= 4 is 11.8 Å². The maximum atomic E-state index is 12.4. The van der Waals surface area contributed by atoms with Crippen LogP contribution < -0.4 is 11.1 Å². The van der Waals surface area contributed by atoms with Gasteiger partial charge in [0.2, 0.25) is 5.91 Å². The summed E-state index contributed by atoms with van der Waals surface area (Å²) in [5.74, 6) is -0.450. The molecule has 136 valence electrons. The zero-order valence-corrected chi connectivity index (χ0v) is 14.6. The Balaban J connectivity index is 1.52. The zero-order chi connectivity index (χ0) is 17.6. The van der Waals surface area contributed by atoms with Crippen LogP contribution in [0.4, 0.5) is 0 Å². The number of benzene rings is 1. The van der Waals surface area contributed by atoms with Gasteiger partial charge in [-0.2, -0.15) is 0 Å². The lowest BCUT2D eigenvalue weighted by Gasteiger charge is -2.28. The van der Waals surface area contributed by atoms with Crippen molar-refractivity contribution in [2.45, 2.75) is 38.3 Å². The molecular formula is C19H27N3O3. The number of morpholine rings is 1. The molecule has 2 fully saturated rings. The van der Waals surface area contributed by atoms with E-state index in [2.05, 4.69) is 10.2 Å². The Labute approximate surface area is 148 Å². The number of amides is 2. The standard InChI is InChI=1S/C19H27N3O3/c20-18(23)16-2-1-3-17(12-16)21-19(24)15-6-4-14(5-7-15)13-22-8-10-25-11-9-22/h4-7,16-17H,1-3,8-13H2,(H2,20,23)(H,21,24)/t16-,17+/m1/s1. The molecular weight excluding hydrogens is 318 g/mol. The molecule has 1 heterocycles. The summed E-state index contributed by atoms with van der Waals surface area (Å²) in [6, 6.07) is 7.81. The van der Waals surface area contributed by atoms with Crippen LogP contribution in [0.3, 0.4) is 0 Å². The van der Waals surface area contributed by atoms with E-state index >= 15 is 0 Å². The summed E-state index contributed by atoms with van der Waals surface area (Å²) in [5.41, 5.74) is 7.26. The number of nitrogens with zero attached hydrogens (tertiary/aromatic N) is 1. The lowest BCUT2D eigenvalue weighted by Crippen LogP contribution is -2.41. The first-order valence-electron chi connectivity index (χ1n) is 9.11. The molecule has 3 rings (SSSR count). The first-order valence-corrected chi connectivity index (χ1v) is 9.11. The van der Waals surface area contributed by atoms with Crippen molar-refractivity contribution in [1.82, 2.24) is 10.2 Å². The third kappa shape index (κ3) is 5.03. The number of rotatable bonds is 5. The van der Waals surface area contributed by atoms with Gasteiger partial charge in [0, 0.05) is 37.2 Å². The predicted molar refractivity (Wildman–Crippen MR) is 94.9 cm³/mol. The highest BCUT2D eigenvalue weighted by atomic mass is 16.5. The largest absolute Gasteiger partial charge is 0.379 e. The van der Waals surface area contributed by atoms with E-state index in [1.165, 1.54) is 5.56 Å². The molecule has 1 aromatic carbocycles. The second kappa shape index (κ2) is 8.45. The molecule has 6 nitrogen and oxygen atoms in total. The van der Waals surface area contributed by atoms with E-state index in [4.69, 9.17) is 10.5 Å². The molecule has 1 aromatic rings. The van der Waals surface area contributed by atoms with Gasteiger partial charge in [0.25, 0.3) is 5.91 Å². The molecule has 1 aliphatic carbocycles. The van der Waals surface area contributed by atoms with Crippen molar-refractivity contribution in [3.63, 3.8) is 0 Å². The second-order valence-electron chi connectivity index (χ2n) is 7.02. The Kier molecular flexibility index (Phi) is 6.04. The maximum Gasteiger partial charge on any atom is 0.251 e. The topological polar surface area (TPSA) is 84.7 Å². The minimum Gasteiger partial charge on any atom is -0.379 e. The van der Waals surface area contributed by atoms with Gasteiger partial charge in [-0.3, -0.25) is 14.5 Å². The van der Waals surface area contributed by atoms with Crippen molar-refractivity contribution < 1.29 is 14.3 Å². The molecule has 3 N–H and O–H groups in total. The molecule has 1 saturated carbocycles. The predicted octanol–water partition coefficient (Wildman–Crippen LogP) is 1.29. The summed E-state index contributed by atoms with van der Waals surface area (Å²) < 4.78 is 5.36. The third-order valence-corrected chi connectivity index (χ3v) is 5.14. The number of ether oxygens (including phenoxy) is 1. The van der Waals surface area contributed by atoms with E-state index in [-0.39, 0.29) is 23.8 Å². The minimum atomic E-state index is -0.258. The number of carbonyl (C=O) groups excluding carboxylic acids is 2. The molecule has 0 radical (unpaired) electrons. The Morgan fingerprint density at radius 1 is 1.16 bits per heavy atom. The molecule has 0 bridgehead atoms. The van der Waals surface area contributed by atoms with Gasteiger partial charge >= 0.3 is 0 Å². The van der Waals surface area contributed by atoms with Crippen LogP contribution in [0.5, 0.6) is 0 Å². The Morgan fingerprint density at radius 2 is 1.88 bits per heavy atom. The summed E-state index contributed by atoms with van der Waals surface area (Å²) in [5, 5.41) is 3.05. The van der Waals surface area contributed by atoms with Crippen LogP contribution in [0.1, 0.15) is 41.6 Å². The third-order valence-electron chi connectivity index (χ3n) is 5.14. The first-order chi connectivity index (χ1) is 12.1. The molecule has 6 heteroatoms. The number of hydrogen-bond donors (Lipinski definition) is 2. The highest BCUT2D eigenvalue weighted by Gasteiger charge is 2.26. The Hall–Kier alpha value is -1.92. The molecule has 0 spiro atoms. The van der Waals surface area contributed by atoms with E-state index in [0.717, 1.165) is 52.1 Å². The van der Waals surface area contributed by atoms with Crippen molar-refractivity contribution in [3.8, 4) is 0 Å². The molecule has 0 unspecified atom stereocenters. The van der Waals surface area contributed by atoms with E-state index in [1.807, 2.05) is 24.3 Å². The highest BCUT2D eigenvalue weighted by molar-refractivity contribution is 5.94. The van der Waals surface area contributed by atoms with E-state index in [0.29, 0.717) is 12.0 Å². The Bertz CT molecular complexity index is 596. The van der Waals surface area contributed by atoms with E-state index < -0.39 is 0 Å². The van der Waals surface area contributed by atoms with Gasteiger partial charge in [0.1, 0.15) is 0 Å². The van der Waals surface area contributed by atoms with Crippen LogP contribution in [-0.2, 0) is 16.1 Å².